The Balaban J connectivity index is -0.000000845. The van der Waals surface area contributed by atoms with Crippen LogP contribution in [0.1, 0.15) is 14.3 Å². The van der Waals surface area contributed by atoms with Gasteiger partial charge in [0.15, 0.2) is 0 Å². The zero-order chi connectivity index (χ0) is 11.2. The monoisotopic (exact) mass is 248 g/mol. The number of hydrogen-bond acceptors (Lipinski definition) is 4. The Morgan fingerprint density at radius 3 is 2.27 bits per heavy atom. The van der Waals surface area contributed by atoms with Crippen molar-refractivity contribution in [1.29, 1.82) is 0 Å². The third-order valence-electron chi connectivity index (χ3n) is 1.28. The van der Waals surface area contributed by atoms with Gasteiger partial charge in [-0.1, -0.05) is 0 Å². The summed E-state index contributed by atoms with van der Waals surface area (Å²) in [5.74, 6) is -1.63. The van der Waals surface area contributed by atoms with Crippen LogP contribution in [0.25, 0.3) is 0 Å². The van der Waals surface area contributed by atoms with E-state index in [9.17, 15) is 18.0 Å². The molecule has 9 heteroatoms. The van der Waals surface area contributed by atoms with Gasteiger partial charge in [-0.3, -0.25) is 14.1 Å². The Hall–Kier alpha value is -0.150. The van der Waals surface area contributed by atoms with Crippen LogP contribution in [0.2, 0.25) is 0 Å². The number of nitrogens with two attached hydrogens (primary N) is 1. The van der Waals surface area contributed by atoms with Gasteiger partial charge in [0.25, 0.3) is 10.1 Å². The first-order chi connectivity index (χ1) is 6.31. The molecule has 0 rings (SSSR count). The molecule has 0 spiro atoms. The van der Waals surface area contributed by atoms with Gasteiger partial charge in [-0.05, 0) is 0 Å². The minimum atomic E-state index is -4.06. The standard InChI is InChI=1S/C6H12N2O5S.Na.H/c7-5(9)1-2-6(10)8-3-4-14(11,12)13;;/h1-4H2,(H2,7,9)(H,8,10)(H,11,12,13);;/q;+1;-1. The maximum absolute atomic E-state index is 10.8. The van der Waals surface area contributed by atoms with Crippen LogP contribution in [0.5, 0.6) is 0 Å². The zero-order valence-corrected chi connectivity index (χ0v) is 11.2. The second kappa shape index (κ2) is 8.05. The summed E-state index contributed by atoms with van der Waals surface area (Å²) in [5, 5.41) is 2.21. The van der Waals surface area contributed by atoms with E-state index in [2.05, 4.69) is 5.32 Å². The van der Waals surface area contributed by atoms with E-state index in [1.165, 1.54) is 0 Å². The predicted molar refractivity (Wildman–Crippen MR) is 49.0 cm³/mol. The fourth-order valence-corrected chi connectivity index (χ4v) is 1.00. The molecule has 0 aromatic carbocycles. The molecule has 0 fully saturated rings. The third-order valence-corrected chi connectivity index (χ3v) is 2.00. The molecule has 0 heterocycles. The van der Waals surface area contributed by atoms with E-state index in [4.69, 9.17) is 10.3 Å². The summed E-state index contributed by atoms with van der Waals surface area (Å²) >= 11 is 0. The van der Waals surface area contributed by atoms with E-state index >= 15 is 0 Å². The Morgan fingerprint density at radius 2 is 1.87 bits per heavy atom. The minimum absolute atomic E-state index is 0. The van der Waals surface area contributed by atoms with E-state index in [0.717, 1.165) is 0 Å². The Bertz CT molecular complexity index is 321. The van der Waals surface area contributed by atoms with Crippen molar-refractivity contribution in [2.45, 2.75) is 12.8 Å². The van der Waals surface area contributed by atoms with Crippen molar-refractivity contribution in [3.8, 4) is 0 Å². The Kier molecular flexibility index (Phi) is 9.26. The third kappa shape index (κ3) is 13.9. The van der Waals surface area contributed by atoms with Gasteiger partial charge in [0.05, 0.1) is 5.75 Å². The van der Waals surface area contributed by atoms with E-state index in [0.29, 0.717) is 0 Å². The van der Waals surface area contributed by atoms with Crippen LogP contribution in [-0.2, 0) is 19.7 Å². The fraction of sp³-hybridized carbons (Fsp3) is 0.667. The normalized spacial score (nSPS) is 10.2. The van der Waals surface area contributed by atoms with Gasteiger partial charge < -0.3 is 12.5 Å². The van der Waals surface area contributed by atoms with Gasteiger partial charge in [-0.25, -0.2) is 0 Å². The molecule has 0 saturated heterocycles. The van der Waals surface area contributed by atoms with Gasteiger partial charge >= 0.3 is 29.6 Å². The predicted octanol–water partition coefficient (Wildman–Crippen LogP) is -4.63. The first-order valence-electron chi connectivity index (χ1n) is 3.81. The number of nitrogens with one attached hydrogen (secondary N) is 1. The molecule has 0 bridgehead atoms. The first-order valence-corrected chi connectivity index (χ1v) is 5.42. The maximum atomic E-state index is 10.8. The quantitative estimate of drug-likeness (QED) is 0.322. The molecule has 0 aromatic heterocycles. The molecule has 0 aromatic rings. The molecular formula is C6H13N2NaO5S. The van der Waals surface area contributed by atoms with Gasteiger partial charge in [0.2, 0.25) is 11.8 Å². The van der Waals surface area contributed by atoms with Gasteiger partial charge in [-0.15, -0.1) is 0 Å². The summed E-state index contributed by atoms with van der Waals surface area (Å²) in [4.78, 5) is 21.1. The molecule has 7 nitrogen and oxygen atoms in total. The summed E-state index contributed by atoms with van der Waals surface area (Å²) in [5.41, 5.74) is 4.78. The Morgan fingerprint density at radius 1 is 1.33 bits per heavy atom. The maximum Gasteiger partial charge on any atom is 1.00 e. The number of primary amides is 1. The fourth-order valence-electron chi connectivity index (χ4n) is 0.645. The van der Waals surface area contributed by atoms with Crippen LogP contribution in [0.3, 0.4) is 0 Å². The van der Waals surface area contributed by atoms with Crippen molar-refractivity contribution < 1.29 is 53.5 Å². The summed E-state index contributed by atoms with van der Waals surface area (Å²) in [6.07, 6.45) is -0.168. The molecule has 0 atom stereocenters. The second-order valence-corrected chi connectivity index (χ2v) is 4.17. The van der Waals surface area contributed by atoms with E-state index in [-0.39, 0.29) is 50.4 Å². The molecule has 0 aliphatic heterocycles. The van der Waals surface area contributed by atoms with Crippen molar-refractivity contribution >= 4 is 21.9 Å². The molecule has 15 heavy (non-hydrogen) atoms. The summed E-state index contributed by atoms with van der Waals surface area (Å²) in [6, 6.07) is 0. The number of rotatable bonds is 6. The van der Waals surface area contributed by atoms with Crippen LogP contribution in [-0.4, -0.2) is 37.1 Å². The molecule has 0 aliphatic rings. The molecule has 0 saturated carbocycles. The van der Waals surface area contributed by atoms with Crippen LogP contribution < -0.4 is 40.6 Å². The molecule has 2 amide bonds. The summed E-state index contributed by atoms with van der Waals surface area (Å²) < 4.78 is 28.7. The van der Waals surface area contributed by atoms with Crippen molar-refractivity contribution in [2.24, 2.45) is 5.73 Å². The second-order valence-electron chi connectivity index (χ2n) is 2.60. The van der Waals surface area contributed by atoms with Crippen molar-refractivity contribution in [3.05, 3.63) is 0 Å². The molecule has 0 aliphatic carbocycles. The van der Waals surface area contributed by atoms with Gasteiger partial charge in [0, 0.05) is 19.4 Å². The smallest absolute Gasteiger partial charge is 1.00 e. The van der Waals surface area contributed by atoms with E-state index in [1.807, 2.05) is 0 Å². The molecule has 0 radical (unpaired) electrons. The SMILES string of the molecule is NC(=O)CCC(=O)NCCS(=O)(=O)O.[H-].[Na+]. The number of hydrogen-bond donors (Lipinski definition) is 3. The first kappa shape index (κ1) is 17.3. The molecular weight excluding hydrogens is 235 g/mol. The van der Waals surface area contributed by atoms with Crippen LogP contribution in [0, 0.1) is 0 Å². The number of carbonyl (C=O) groups excluding carboxylic acids is 2. The zero-order valence-electron chi connectivity index (χ0n) is 9.39. The topological polar surface area (TPSA) is 127 Å². The van der Waals surface area contributed by atoms with E-state index in [1.54, 1.807) is 0 Å². The molecule has 4 N–H and O–H groups in total. The number of carbonyl (C=O) groups is 2. The largest absolute Gasteiger partial charge is 1.00 e. The van der Waals surface area contributed by atoms with Crippen molar-refractivity contribution in [2.75, 3.05) is 12.3 Å². The van der Waals surface area contributed by atoms with Crippen LogP contribution >= 0.6 is 0 Å². The average molecular weight is 248 g/mol. The van der Waals surface area contributed by atoms with Crippen molar-refractivity contribution in [3.63, 3.8) is 0 Å². The molecule has 0 unspecified atom stereocenters. The van der Waals surface area contributed by atoms with Gasteiger partial charge in [0.1, 0.15) is 0 Å². The van der Waals surface area contributed by atoms with Gasteiger partial charge in [-0.2, -0.15) is 8.42 Å². The Labute approximate surface area is 111 Å². The summed E-state index contributed by atoms with van der Waals surface area (Å²) in [7, 11) is -4.06. The average Bonchev–Trinajstić information content (AvgIpc) is 1.98. The summed E-state index contributed by atoms with van der Waals surface area (Å²) in [6.45, 7) is -0.184. The van der Waals surface area contributed by atoms with Crippen molar-refractivity contribution in [1.82, 2.24) is 5.32 Å². The van der Waals surface area contributed by atoms with Crippen LogP contribution in [0.4, 0.5) is 0 Å². The van der Waals surface area contributed by atoms with Crippen LogP contribution in [0.15, 0.2) is 0 Å². The minimum Gasteiger partial charge on any atom is -1.00 e. The number of amides is 2. The molecule has 84 valence electrons. The van der Waals surface area contributed by atoms with E-state index < -0.39 is 27.7 Å².